The zero-order valence-electron chi connectivity index (χ0n) is 21.2. The van der Waals surface area contributed by atoms with Gasteiger partial charge in [0.15, 0.2) is 8.32 Å². The van der Waals surface area contributed by atoms with Gasteiger partial charge in [0.2, 0.25) is 5.91 Å². The highest BCUT2D eigenvalue weighted by Gasteiger charge is 2.37. The highest BCUT2D eigenvalue weighted by atomic mass is 28.4. The minimum absolute atomic E-state index is 0.0315. The number of nitrogens with one attached hydrogen (secondary N) is 2. The minimum Gasteiger partial charge on any atom is -0.467 e. The fourth-order valence-electron chi connectivity index (χ4n) is 2.73. The average molecular weight is 481 g/mol. The summed E-state index contributed by atoms with van der Waals surface area (Å²) in [5.74, 6) is -1.27. The summed E-state index contributed by atoms with van der Waals surface area (Å²) in [5, 5.41) is 5.34. The van der Waals surface area contributed by atoms with Gasteiger partial charge in [-0.1, -0.05) is 65.0 Å². The molecule has 9 heteroatoms. The van der Waals surface area contributed by atoms with E-state index in [9.17, 15) is 14.4 Å². The number of ether oxygens (including phenoxy) is 2. The molecule has 1 rings (SSSR count). The van der Waals surface area contributed by atoms with Gasteiger partial charge in [-0.25, -0.2) is 9.59 Å². The molecule has 1 aromatic rings. The SMILES string of the molecule is COC(=O)[C@@H](CCO[Si](C)(C)C(C)(C)C)NC(=O)[C@H](NC(=O)OCc1ccccc1)C(C)C. The number of rotatable bonds is 11. The number of carbonyl (C=O) groups is 3. The second-order valence-electron chi connectivity index (χ2n) is 9.91. The van der Waals surface area contributed by atoms with Crippen LogP contribution in [0.5, 0.6) is 0 Å². The van der Waals surface area contributed by atoms with Crippen LogP contribution in [-0.4, -0.2) is 52.1 Å². The van der Waals surface area contributed by atoms with Crippen LogP contribution in [0.1, 0.15) is 46.6 Å². The van der Waals surface area contributed by atoms with Gasteiger partial charge >= 0.3 is 12.1 Å². The number of alkyl carbamates (subject to hydrolysis) is 1. The first-order valence-electron chi connectivity index (χ1n) is 11.3. The minimum atomic E-state index is -1.99. The summed E-state index contributed by atoms with van der Waals surface area (Å²) in [7, 11) is -0.721. The number of methoxy groups -OCH3 is 1. The topological polar surface area (TPSA) is 103 Å². The fraction of sp³-hybridized carbons (Fsp3) is 0.625. The Kier molecular flexibility index (Phi) is 11.1. The second kappa shape index (κ2) is 12.7. The Morgan fingerprint density at radius 1 is 1.03 bits per heavy atom. The quantitative estimate of drug-likeness (QED) is 0.366. The molecule has 0 heterocycles. The van der Waals surface area contributed by atoms with Crippen molar-refractivity contribution in [1.29, 1.82) is 0 Å². The van der Waals surface area contributed by atoms with Gasteiger partial charge in [0, 0.05) is 13.0 Å². The van der Waals surface area contributed by atoms with E-state index in [-0.39, 0.29) is 24.0 Å². The predicted octanol–water partition coefficient (Wildman–Crippen LogP) is 4.01. The third kappa shape index (κ3) is 9.55. The van der Waals surface area contributed by atoms with Crippen molar-refractivity contribution < 1.29 is 28.3 Å². The number of esters is 1. The van der Waals surface area contributed by atoms with Crippen LogP contribution in [0, 0.1) is 5.92 Å². The third-order valence-electron chi connectivity index (χ3n) is 5.91. The largest absolute Gasteiger partial charge is 0.467 e. The van der Waals surface area contributed by atoms with Crippen LogP contribution >= 0.6 is 0 Å². The lowest BCUT2D eigenvalue weighted by Crippen LogP contribution is -2.54. The molecule has 2 N–H and O–H groups in total. The molecule has 1 aromatic carbocycles. The van der Waals surface area contributed by atoms with Crippen molar-refractivity contribution in [3.63, 3.8) is 0 Å². The van der Waals surface area contributed by atoms with E-state index >= 15 is 0 Å². The van der Waals surface area contributed by atoms with Crippen molar-refractivity contribution in [2.75, 3.05) is 13.7 Å². The van der Waals surface area contributed by atoms with Crippen LogP contribution in [-0.2, 0) is 30.1 Å². The van der Waals surface area contributed by atoms with Crippen molar-refractivity contribution in [1.82, 2.24) is 10.6 Å². The molecule has 0 radical (unpaired) electrons. The van der Waals surface area contributed by atoms with Crippen LogP contribution in [0.4, 0.5) is 4.79 Å². The van der Waals surface area contributed by atoms with Gasteiger partial charge in [-0.2, -0.15) is 0 Å². The maximum Gasteiger partial charge on any atom is 0.408 e. The molecule has 0 unspecified atom stereocenters. The van der Waals surface area contributed by atoms with Crippen molar-refractivity contribution in [2.24, 2.45) is 5.92 Å². The first-order chi connectivity index (χ1) is 15.3. The lowest BCUT2D eigenvalue weighted by atomic mass is 10.0. The fourth-order valence-corrected chi connectivity index (χ4v) is 3.79. The summed E-state index contributed by atoms with van der Waals surface area (Å²) in [5.41, 5.74) is 0.839. The van der Waals surface area contributed by atoms with E-state index in [0.29, 0.717) is 6.61 Å². The Bertz CT molecular complexity index is 777. The molecule has 0 saturated heterocycles. The van der Waals surface area contributed by atoms with E-state index in [1.54, 1.807) is 13.8 Å². The molecule has 0 aliphatic heterocycles. The molecule has 0 fully saturated rings. The summed E-state index contributed by atoms with van der Waals surface area (Å²) >= 11 is 0. The molecule has 2 atom stereocenters. The zero-order chi connectivity index (χ0) is 25.2. The molecule has 0 bridgehead atoms. The highest BCUT2D eigenvalue weighted by molar-refractivity contribution is 6.74. The van der Waals surface area contributed by atoms with Gasteiger partial charge in [-0.3, -0.25) is 4.79 Å². The Balaban J connectivity index is 2.72. The van der Waals surface area contributed by atoms with E-state index in [0.717, 1.165) is 5.56 Å². The second-order valence-corrected chi connectivity index (χ2v) is 14.7. The van der Waals surface area contributed by atoms with E-state index in [1.807, 2.05) is 30.3 Å². The maximum atomic E-state index is 12.9. The van der Waals surface area contributed by atoms with E-state index in [2.05, 4.69) is 44.5 Å². The molecule has 2 amide bonds. The van der Waals surface area contributed by atoms with Crippen molar-refractivity contribution in [2.45, 2.75) is 77.9 Å². The molecule has 33 heavy (non-hydrogen) atoms. The number of hydrogen-bond acceptors (Lipinski definition) is 6. The molecule has 0 saturated carbocycles. The molecular formula is C24H40N2O6Si. The average Bonchev–Trinajstić information content (AvgIpc) is 2.74. The molecule has 186 valence electrons. The summed E-state index contributed by atoms with van der Waals surface area (Å²) in [6, 6.07) is 7.50. The molecule has 0 aliphatic rings. The van der Waals surface area contributed by atoms with E-state index in [1.165, 1.54) is 7.11 Å². The molecule has 0 aliphatic carbocycles. The van der Waals surface area contributed by atoms with Crippen LogP contribution in [0.3, 0.4) is 0 Å². The van der Waals surface area contributed by atoms with Crippen LogP contribution in [0.15, 0.2) is 30.3 Å². The number of carbonyl (C=O) groups excluding carboxylic acids is 3. The van der Waals surface area contributed by atoms with E-state index < -0.39 is 38.4 Å². The van der Waals surface area contributed by atoms with Crippen LogP contribution < -0.4 is 10.6 Å². The van der Waals surface area contributed by atoms with Gasteiger partial charge in [-0.15, -0.1) is 0 Å². The Morgan fingerprint density at radius 2 is 1.64 bits per heavy atom. The highest BCUT2D eigenvalue weighted by Crippen LogP contribution is 2.36. The Labute approximate surface area is 198 Å². The van der Waals surface area contributed by atoms with Gasteiger partial charge in [0.05, 0.1) is 7.11 Å². The monoisotopic (exact) mass is 480 g/mol. The number of amides is 2. The van der Waals surface area contributed by atoms with Gasteiger partial charge in [0.1, 0.15) is 18.7 Å². The van der Waals surface area contributed by atoms with Crippen LogP contribution in [0.2, 0.25) is 18.1 Å². The third-order valence-corrected chi connectivity index (χ3v) is 10.5. The lowest BCUT2D eigenvalue weighted by molar-refractivity contribution is -0.145. The van der Waals surface area contributed by atoms with Gasteiger partial charge < -0.3 is 24.5 Å². The normalized spacial score (nSPS) is 13.7. The number of hydrogen-bond donors (Lipinski definition) is 2. The summed E-state index contributed by atoms with van der Waals surface area (Å²) in [6.45, 7) is 14.7. The first kappa shape index (κ1) is 28.6. The molecular weight excluding hydrogens is 440 g/mol. The molecule has 8 nitrogen and oxygen atoms in total. The summed E-state index contributed by atoms with van der Waals surface area (Å²) < 4.78 is 16.2. The van der Waals surface area contributed by atoms with Crippen molar-refractivity contribution in [3.8, 4) is 0 Å². The standard InChI is InChI=1S/C24H40N2O6Si/c1-17(2)20(26-23(29)31-16-18-12-10-9-11-13-18)21(27)25-19(22(28)30-6)14-15-32-33(7,8)24(3,4)5/h9-13,17,19-20H,14-16H2,1-8H3,(H,25,27)(H,26,29)/t19-,20-/m1/s1. The first-order valence-corrected chi connectivity index (χ1v) is 14.2. The van der Waals surface area contributed by atoms with E-state index in [4.69, 9.17) is 13.9 Å². The lowest BCUT2D eigenvalue weighted by Gasteiger charge is -2.36. The maximum absolute atomic E-state index is 12.9. The Morgan fingerprint density at radius 3 is 2.15 bits per heavy atom. The summed E-state index contributed by atoms with van der Waals surface area (Å²) in [4.78, 5) is 37.5. The van der Waals surface area contributed by atoms with Gasteiger partial charge in [-0.05, 0) is 29.6 Å². The smallest absolute Gasteiger partial charge is 0.408 e. The molecule has 0 spiro atoms. The summed E-state index contributed by atoms with van der Waals surface area (Å²) in [6.07, 6.45) is -0.433. The van der Waals surface area contributed by atoms with Crippen molar-refractivity contribution in [3.05, 3.63) is 35.9 Å². The number of benzene rings is 1. The predicted molar refractivity (Wildman–Crippen MR) is 130 cm³/mol. The van der Waals surface area contributed by atoms with Gasteiger partial charge in [0.25, 0.3) is 0 Å². The zero-order valence-corrected chi connectivity index (χ0v) is 22.2. The Hall–Kier alpha value is -2.39. The van der Waals surface area contributed by atoms with Crippen LogP contribution in [0.25, 0.3) is 0 Å². The molecule has 0 aromatic heterocycles. The van der Waals surface area contributed by atoms with Crippen molar-refractivity contribution >= 4 is 26.3 Å².